The Morgan fingerprint density at radius 3 is 2.68 bits per heavy atom. The van der Waals surface area contributed by atoms with Gasteiger partial charge in [-0.1, -0.05) is 25.1 Å². The van der Waals surface area contributed by atoms with Crippen molar-refractivity contribution in [1.29, 1.82) is 0 Å². The molecule has 2 bridgehead atoms. The number of rotatable bonds is 5. The van der Waals surface area contributed by atoms with Crippen molar-refractivity contribution in [1.82, 2.24) is 9.97 Å². The van der Waals surface area contributed by atoms with E-state index in [0.29, 0.717) is 29.9 Å². The van der Waals surface area contributed by atoms with Gasteiger partial charge in [0, 0.05) is 36.7 Å². The highest BCUT2D eigenvalue weighted by Crippen LogP contribution is 2.47. The lowest BCUT2D eigenvalue weighted by Gasteiger charge is -2.20. The molecule has 1 aromatic rings. The van der Waals surface area contributed by atoms with Crippen LogP contribution in [0.2, 0.25) is 0 Å². The van der Waals surface area contributed by atoms with E-state index in [4.69, 9.17) is 15.5 Å². The standard InChI is InChI=1S/C16H24N4OS/c1-2-3-6-22-16-18-14(17)7-15(19-16)20-8-10-11(9-20)13-5-4-12(10)21-13/h7,10-13H,2-6,8-9H2,1H3,(H2,17,18,19). The van der Waals surface area contributed by atoms with Crippen molar-refractivity contribution in [2.75, 3.05) is 29.5 Å². The Balaban J connectivity index is 1.48. The van der Waals surface area contributed by atoms with Gasteiger partial charge in [-0.25, -0.2) is 9.97 Å². The molecule has 3 aliphatic rings. The molecule has 2 N–H and O–H groups in total. The van der Waals surface area contributed by atoms with Gasteiger partial charge in [0.05, 0.1) is 12.2 Å². The number of fused-ring (bicyclic) bond motifs is 5. The second kappa shape index (κ2) is 5.89. The molecular formula is C16H24N4OS. The molecule has 5 nitrogen and oxygen atoms in total. The maximum absolute atomic E-state index is 6.05. The lowest BCUT2D eigenvalue weighted by Crippen LogP contribution is -2.25. The minimum atomic E-state index is 0.484. The number of ether oxygens (including phenoxy) is 1. The second-order valence-electron chi connectivity index (χ2n) is 6.66. The quantitative estimate of drug-likeness (QED) is 0.511. The molecule has 0 radical (unpaired) electrons. The normalized spacial score (nSPS) is 32.7. The van der Waals surface area contributed by atoms with E-state index in [-0.39, 0.29) is 0 Å². The van der Waals surface area contributed by atoms with Crippen molar-refractivity contribution in [3.8, 4) is 0 Å². The van der Waals surface area contributed by atoms with Crippen LogP contribution in [0.5, 0.6) is 0 Å². The van der Waals surface area contributed by atoms with Crippen molar-refractivity contribution in [2.45, 2.75) is 50.0 Å². The molecule has 3 fully saturated rings. The van der Waals surface area contributed by atoms with Crippen LogP contribution in [0.1, 0.15) is 32.6 Å². The molecule has 4 heterocycles. The zero-order valence-electron chi connectivity index (χ0n) is 13.1. The Morgan fingerprint density at radius 1 is 1.27 bits per heavy atom. The molecule has 4 unspecified atom stereocenters. The van der Waals surface area contributed by atoms with Gasteiger partial charge in [0.2, 0.25) is 0 Å². The third kappa shape index (κ3) is 2.56. The van der Waals surface area contributed by atoms with E-state index in [0.717, 1.165) is 29.8 Å². The van der Waals surface area contributed by atoms with E-state index in [1.54, 1.807) is 11.8 Å². The van der Waals surface area contributed by atoms with Gasteiger partial charge in [0.15, 0.2) is 5.16 Å². The number of hydrogen-bond acceptors (Lipinski definition) is 6. The number of unbranched alkanes of at least 4 members (excludes halogenated alkanes) is 1. The number of nitrogens with two attached hydrogens (primary N) is 1. The molecule has 0 saturated carbocycles. The fourth-order valence-corrected chi connectivity index (χ4v) is 5.06. The highest BCUT2D eigenvalue weighted by atomic mass is 32.2. The average molecular weight is 320 g/mol. The maximum atomic E-state index is 6.05. The first-order valence-electron chi connectivity index (χ1n) is 8.42. The summed E-state index contributed by atoms with van der Waals surface area (Å²) >= 11 is 1.71. The third-order valence-electron chi connectivity index (χ3n) is 5.22. The fraction of sp³-hybridized carbons (Fsp3) is 0.750. The van der Waals surface area contributed by atoms with Crippen molar-refractivity contribution in [2.24, 2.45) is 11.8 Å². The minimum absolute atomic E-state index is 0.484. The fourth-order valence-electron chi connectivity index (χ4n) is 4.11. The molecule has 0 aromatic carbocycles. The maximum Gasteiger partial charge on any atom is 0.191 e. The Labute approximate surface area is 136 Å². The molecule has 0 aliphatic carbocycles. The third-order valence-corrected chi connectivity index (χ3v) is 6.15. The molecule has 4 rings (SSSR count). The van der Waals surface area contributed by atoms with Gasteiger partial charge >= 0.3 is 0 Å². The predicted octanol–water partition coefficient (Wildman–Crippen LogP) is 2.56. The van der Waals surface area contributed by atoms with Crippen molar-refractivity contribution >= 4 is 23.4 Å². The van der Waals surface area contributed by atoms with Gasteiger partial charge < -0.3 is 15.4 Å². The summed E-state index contributed by atoms with van der Waals surface area (Å²) in [5, 5.41) is 0.819. The second-order valence-corrected chi connectivity index (χ2v) is 7.72. The highest BCUT2D eigenvalue weighted by molar-refractivity contribution is 7.99. The molecular weight excluding hydrogens is 296 g/mol. The van der Waals surface area contributed by atoms with Crippen molar-refractivity contribution in [3.63, 3.8) is 0 Å². The molecule has 3 saturated heterocycles. The van der Waals surface area contributed by atoms with Crippen LogP contribution in [-0.2, 0) is 4.74 Å². The molecule has 6 heteroatoms. The zero-order chi connectivity index (χ0) is 15.1. The molecule has 120 valence electrons. The smallest absolute Gasteiger partial charge is 0.191 e. The topological polar surface area (TPSA) is 64.3 Å². The lowest BCUT2D eigenvalue weighted by molar-refractivity contribution is 0.0849. The van der Waals surface area contributed by atoms with Crippen LogP contribution >= 0.6 is 11.8 Å². The van der Waals surface area contributed by atoms with Crippen molar-refractivity contribution in [3.05, 3.63) is 6.07 Å². The van der Waals surface area contributed by atoms with Gasteiger partial charge in [-0.2, -0.15) is 0 Å². The summed E-state index contributed by atoms with van der Waals surface area (Å²) in [6.45, 7) is 4.31. The summed E-state index contributed by atoms with van der Waals surface area (Å²) in [4.78, 5) is 11.5. The van der Waals surface area contributed by atoms with E-state index in [9.17, 15) is 0 Å². The highest BCUT2D eigenvalue weighted by Gasteiger charge is 2.53. The van der Waals surface area contributed by atoms with E-state index < -0.39 is 0 Å². The number of hydrogen-bond donors (Lipinski definition) is 1. The summed E-state index contributed by atoms with van der Waals surface area (Å²) in [5.41, 5.74) is 6.00. The molecule has 3 aliphatic heterocycles. The van der Waals surface area contributed by atoms with Crippen LogP contribution in [0.25, 0.3) is 0 Å². The molecule has 0 spiro atoms. The van der Waals surface area contributed by atoms with E-state index >= 15 is 0 Å². The number of nitrogens with zero attached hydrogens (tertiary/aromatic N) is 3. The predicted molar refractivity (Wildman–Crippen MR) is 89.2 cm³/mol. The SMILES string of the molecule is CCCCSc1nc(N)cc(N2CC3C4CCC(O4)C3C2)n1. The Morgan fingerprint density at radius 2 is 2.00 bits per heavy atom. The number of anilines is 2. The van der Waals surface area contributed by atoms with Gasteiger partial charge in [0.1, 0.15) is 11.6 Å². The van der Waals surface area contributed by atoms with E-state index in [2.05, 4.69) is 16.8 Å². The molecule has 1 aromatic heterocycles. The van der Waals surface area contributed by atoms with E-state index in [1.165, 1.54) is 25.7 Å². The summed E-state index contributed by atoms with van der Waals surface area (Å²) < 4.78 is 6.05. The molecule has 0 amide bonds. The van der Waals surface area contributed by atoms with Gasteiger partial charge in [-0.15, -0.1) is 0 Å². The van der Waals surface area contributed by atoms with Gasteiger partial charge in [-0.3, -0.25) is 0 Å². The van der Waals surface area contributed by atoms with Gasteiger partial charge in [0.25, 0.3) is 0 Å². The van der Waals surface area contributed by atoms with Gasteiger partial charge in [-0.05, 0) is 19.3 Å². The first-order chi connectivity index (χ1) is 10.7. The number of thioether (sulfide) groups is 1. The molecule has 4 atom stereocenters. The lowest BCUT2D eigenvalue weighted by atomic mass is 9.82. The first kappa shape index (κ1) is 14.6. The van der Waals surface area contributed by atoms with Crippen LogP contribution < -0.4 is 10.6 Å². The first-order valence-corrected chi connectivity index (χ1v) is 9.41. The van der Waals surface area contributed by atoms with Crippen LogP contribution in [0.3, 0.4) is 0 Å². The largest absolute Gasteiger partial charge is 0.383 e. The summed E-state index contributed by atoms with van der Waals surface area (Å²) in [7, 11) is 0. The van der Waals surface area contributed by atoms with Crippen LogP contribution in [0, 0.1) is 11.8 Å². The number of aromatic nitrogens is 2. The van der Waals surface area contributed by atoms with Crippen LogP contribution in [0.4, 0.5) is 11.6 Å². The summed E-state index contributed by atoms with van der Waals surface area (Å²) in [5.74, 6) is 4.01. The van der Waals surface area contributed by atoms with Crippen LogP contribution in [0.15, 0.2) is 11.2 Å². The average Bonchev–Trinajstić information content (AvgIpc) is 3.19. The Hall–Kier alpha value is -1.01. The number of nitrogen functional groups attached to an aromatic ring is 1. The van der Waals surface area contributed by atoms with Crippen molar-refractivity contribution < 1.29 is 4.74 Å². The summed E-state index contributed by atoms with van der Waals surface area (Å²) in [6.07, 6.45) is 5.83. The molecule has 22 heavy (non-hydrogen) atoms. The van der Waals surface area contributed by atoms with Crippen LogP contribution in [-0.4, -0.2) is 41.0 Å². The minimum Gasteiger partial charge on any atom is -0.383 e. The zero-order valence-corrected chi connectivity index (χ0v) is 13.9. The Bertz CT molecular complexity index is 537. The summed E-state index contributed by atoms with van der Waals surface area (Å²) in [6, 6.07) is 1.92. The van der Waals surface area contributed by atoms with E-state index in [1.807, 2.05) is 6.07 Å². The Kier molecular flexibility index (Phi) is 3.90. The monoisotopic (exact) mass is 320 g/mol.